The summed E-state index contributed by atoms with van der Waals surface area (Å²) in [7, 11) is 0. The second-order valence-electron chi connectivity index (χ2n) is 3.82. The van der Waals surface area contributed by atoms with Crippen molar-refractivity contribution in [1.82, 2.24) is 0 Å². The molecule has 1 heteroatoms. The lowest BCUT2D eigenvalue weighted by atomic mass is 10.0. The van der Waals surface area contributed by atoms with Crippen LogP contribution in [0.5, 0.6) is 0 Å². The van der Waals surface area contributed by atoms with Gasteiger partial charge in [-0.2, -0.15) is 0 Å². The third-order valence-electron chi connectivity index (χ3n) is 2.11. The number of rotatable bonds is 3. The molecule has 0 bridgehead atoms. The van der Waals surface area contributed by atoms with Gasteiger partial charge in [0.15, 0.2) is 0 Å². The van der Waals surface area contributed by atoms with Crippen LogP contribution < -0.4 is 0 Å². The third-order valence-corrected chi connectivity index (χ3v) is 2.57. The highest BCUT2D eigenvalue weighted by atomic mass is 79.9. The molecule has 1 rings (SSSR count). The summed E-state index contributed by atoms with van der Waals surface area (Å²) >= 11 is 3.57. The fourth-order valence-corrected chi connectivity index (χ4v) is 1.81. The van der Waals surface area contributed by atoms with Gasteiger partial charge in [0.2, 0.25) is 0 Å². The van der Waals surface area contributed by atoms with Gasteiger partial charge in [-0.15, -0.1) is 0 Å². The number of benzene rings is 1. The van der Waals surface area contributed by atoms with Crippen LogP contribution in [-0.4, -0.2) is 4.83 Å². The lowest BCUT2D eigenvalue weighted by Crippen LogP contribution is -1.95. The van der Waals surface area contributed by atoms with E-state index in [0.29, 0.717) is 4.83 Å². The Labute approximate surface area is 89.5 Å². The van der Waals surface area contributed by atoms with Crippen LogP contribution in [0.25, 0.3) is 0 Å². The van der Waals surface area contributed by atoms with Crippen LogP contribution in [0.3, 0.4) is 0 Å². The normalized spacial score (nSPS) is 12.9. The molecular formula is C12H17Br. The smallest absolute Gasteiger partial charge is 0.0120 e. The van der Waals surface area contributed by atoms with Crippen molar-refractivity contribution < 1.29 is 0 Å². The molecule has 0 nitrogen and oxygen atoms in total. The first-order valence-corrected chi connectivity index (χ1v) is 5.71. The summed E-state index contributed by atoms with van der Waals surface area (Å²) in [6.45, 7) is 6.52. The van der Waals surface area contributed by atoms with E-state index in [-0.39, 0.29) is 0 Å². The van der Waals surface area contributed by atoms with E-state index in [9.17, 15) is 0 Å². The Balaban J connectivity index is 2.66. The van der Waals surface area contributed by atoms with Crippen molar-refractivity contribution in [2.45, 2.75) is 38.4 Å². The van der Waals surface area contributed by atoms with Crippen LogP contribution in [0.2, 0.25) is 0 Å². The maximum Gasteiger partial charge on any atom is 0.0120 e. The fourth-order valence-electron chi connectivity index (χ4n) is 1.58. The van der Waals surface area contributed by atoms with Crippen molar-refractivity contribution in [3.8, 4) is 0 Å². The summed E-state index contributed by atoms with van der Waals surface area (Å²) < 4.78 is 0. The molecule has 0 aromatic heterocycles. The minimum absolute atomic E-state index is 0.619. The molecule has 1 atom stereocenters. The van der Waals surface area contributed by atoms with Crippen molar-refractivity contribution in [2.24, 2.45) is 0 Å². The average molecular weight is 241 g/mol. The molecule has 0 aliphatic rings. The summed E-state index contributed by atoms with van der Waals surface area (Å²) in [6.07, 6.45) is 2.39. The number of hydrogen-bond acceptors (Lipinski definition) is 0. The molecule has 0 amide bonds. The molecule has 0 fully saturated rings. The predicted molar refractivity (Wildman–Crippen MR) is 62.6 cm³/mol. The first kappa shape index (κ1) is 10.8. The number of hydrogen-bond donors (Lipinski definition) is 0. The molecule has 0 aliphatic carbocycles. The molecular weight excluding hydrogens is 224 g/mol. The van der Waals surface area contributed by atoms with E-state index >= 15 is 0 Å². The SMILES string of the molecule is Cc1cc(C)cc(CCC(C)Br)c1. The van der Waals surface area contributed by atoms with Gasteiger partial charge in [-0.3, -0.25) is 0 Å². The Kier molecular flexibility index (Phi) is 3.98. The highest BCUT2D eigenvalue weighted by Crippen LogP contribution is 2.13. The number of halogens is 1. The van der Waals surface area contributed by atoms with Gasteiger partial charge in [0.05, 0.1) is 0 Å². The largest absolute Gasteiger partial charge is 0.0894 e. The van der Waals surface area contributed by atoms with E-state index in [0.717, 1.165) is 0 Å². The van der Waals surface area contributed by atoms with E-state index < -0.39 is 0 Å². The van der Waals surface area contributed by atoms with Gasteiger partial charge in [0, 0.05) is 4.83 Å². The van der Waals surface area contributed by atoms with Crippen molar-refractivity contribution >= 4 is 15.9 Å². The minimum Gasteiger partial charge on any atom is -0.0894 e. The van der Waals surface area contributed by atoms with E-state index in [2.05, 4.69) is 54.9 Å². The lowest BCUT2D eigenvalue weighted by Gasteiger charge is -2.06. The molecule has 1 unspecified atom stereocenters. The van der Waals surface area contributed by atoms with E-state index in [1.165, 1.54) is 29.5 Å². The zero-order valence-corrected chi connectivity index (χ0v) is 10.2. The highest BCUT2D eigenvalue weighted by molar-refractivity contribution is 9.09. The molecule has 1 aromatic carbocycles. The quantitative estimate of drug-likeness (QED) is 0.701. The molecule has 0 spiro atoms. The van der Waals surface area contributed by atoms with Gasteiger partial charge in [-0.05, 0) is 32.3 Å². The van der Waals surface area contributed by atoms with Gasteiger partial charge >= 0.3 is 0 Å². The summed E-state index contributed by atoms with van der Waals surface area (Å²) in [5, 5.41) is 0. The number of aryl methyl sites for hydroxylation is 3. The van der Waals surface area contributed by atoms with Gasteiger partial charge in [-0.1, -0.05) is 52.2 Å². The summed E-state index contributed by atoms with van der Waals surface area (Å²) in [6, 6.07) is 6.78. The molecule has 72 valence electrons. The van der Waals surface area contributed by atoms with Gasteiger partial charge in [0.25, 0.3) is 0 Å². The van der Waals surface area contributed by atoms with Crippen LogP contribution in [0.1, 0.15) is 30.0 Å². The summed E-state index contributed by atoms with van der Waals surface area (Å²) in [5.41, 5.74) is 4.21. The average Bonchev–Trinajstić information content (AvgIpc) is 1.99. The molecule has 1 aromatic rings. The summed E-state index contributed by atoms with van der Waals surface area (Å²) in [5.74, 6) is 0. The molecule has 0 saturated heterocycles. The second kappa shape index (κ2) is 4.80. The van der Waals surface area contributed by atoms with Gasteiger partial charge < -0.3 is 0 Å². The predicted octanol–water partition coefficient (Wildman–Crippen LogP) is 4.02. The first-order valence-electron chi connectivity index (χ1n) is 4.79. The van der Waals surface area contributed by atoms with Crippen LogP contribution >= 0.6 is 15.9 Å². The Morgan fingerprint density at radius 1 is 1.15 bits per heavy atom. The third kappa shape index (κ3) is 3.95. The standard InChI is InChI=1S/C12H17Br/c1-9-6-10(2)8-12(7-9)5-4-11(3)13/h6-8,11H,4-5H2,1-3H3. The Hall–Kier alpha value is -0.300. The van der Waals surface area contributed by atoms with Gasteiger partial charge in [0.1, 0.15) is 0 Å². The topological polar surface area (TPSA) is 0 Å². The Morgan fingerprint density at radius 2 is 1.69 bits per heavy atom. The monoisotopic (exact) mass is 240 g/mol. The maximum atomic E-state index is 3.57. The van der Waals surface area contributed by atoms with Crippen LogP contribution in [0.15, 0.2) is 18.2 Å². The van der Waals surface area contributed by atoms with E-state index in [4.69, 9.17) is 0 Å². The maximum absolute atomic E-state index is 3.57. The molecule has 0 radical (unpaired) electrons. The molecule has 0 N–H and O–H groups in total. The molecule has 13 heavy (non-hydrogen) atoms. The molecule has 0 heterocycles. The first-order chi connectivity index (χ1) is 6.08. The molecule has 0 aliphatic heterocycles. The van der Waals surface area contributed by atoms with Crippen LogP contribution in [0.4, 0.5) is 0 Å². The van der Waals surface area contributed by atoms with Crippen molar-refractivity contribution in [2.75, 3.05) is 0 Å². The molecule has 0 saturated carbocycles. The zero-order chi connectivity index (χ0) is 9.84. The van der Waals surface area contributed by atoms with Crippen LogP contribution in [0, 0.1) is 13.8 Å². The van der Waals surface area contributed by atoms with Crippen molar-refractivity contribution in [1.29, 1.82) is 0 Å². The highest BCUT2D eigenvalue weighted by Gasteiger charge is 1.99. The van der Waals surface area contributed by atoms with Crippen molar-refractivity contribution in [3.05, 3.63) is 34.9 Å². The Morgan fingerprint density at radius 3 is 2.15 bits per heavy atom. The second-order valence-corrected chi connectivity index (χ2v) is 5.38. The fraction of sp³-hybridized carbons (Fsp3) is 0.500. The van der Waals surface area contributed by atoms with Crippen LogP contribution in [-0.2, 0) is 6.42 Å². The zero-order valence-electron chi connectivity index (χ0n) is 8.60. The minimum atomic E-state index is 0.619. The van der Waals surface area contributed by atoms with E-state index in [1.54, 1.807) is 0 Å². The van der Waals surface area contributed by atoms with Gasteiger partial charge in [-0.25, -0.2) is 0 Å². The van der Waals surface area contributed by atoms with E-state index in [1.807, 2.05) is 0 Å². The number of alkyl halides is 1. The lowest BCUT2D eigenvalue weighted by molar-refractivity contribution is 0.820. The summed E-state index contributed by atoms with van der Waals surface area (Å²) in [4.78, 5) is 0.619. The van der Waals surface area contributed by atoms with Crippen molar-refractivity contribution in [3.63, 3.8) is 0 Å². The Bertz CT molecular complexity index is 256.